The molecular weight excluding hydrogens is 210 g/mol. The smallest absolute Gasteiger partial charge is 0.0815 e. The van der Waals surface area contributed by atoms with E-state index in [1.165, 1.54) is 0 Å². The number of nitrogens with one attached hydrogen (secondary N) is 1. The van der Waals surface area contributed by atoms with E-state index in [-0.39, 0.29) is 0 Å². The van der Waals surface area contributed by atoms with Crippen molar-refractivity contribution in [1.29, 1.82) is 0 Å². The molecule has 0 saturated heterocycles. The topological polar surface area (TPSA) is 29.9 Å². The van der Waals surface area contributed by atoms with E-state index in [1.807, 2.05) is 22.9 Å². The Bertz CT molecular complexity index is 448. The monoisotopic (exact) mass is 229 g/mol. The lowest BCUT2D eigenvalue weighted by molar-refractivity contribution is 0.474. The van der Waals surface area contributed by atoms with Crippen LogP contribution < -0.4 is 5.32 Å². The van der Waals surface area contributed by atoms with Crippen LogP contribution >= 0.6 is 0 Å². The average Bonchev–Trinajstić information content (AvgIpc) is 2.85. The van der Waals surface area contributed by atoms with Crippen molar-refractivity contribution in [2.45, 2.75) is 32.9 Å². The number of hydrogen-bond donors (Lipinski definition) is 1. The van der Waals surface area contributed by atoms with Crippen molar-refractivity contribution in [2.24, 2.45) is 0 Å². The van der Waals surface area contributed by atoms with E-state index in [0.717, 1.165) is 24.3 Å². The minimum Gasteiger partial charge on any atom is -0.379 e. The van der Waals surface area contributed by atoms with Gasteiger partial charge in [-0.3, -0.25) is 4.68 Å². The number of para-hydroxylation sites is 1. The molecule has 90 valence electrons. The van der Waals surface area contributed by atoms with E-state index >= 15 is 0 Å². The normalized spacial score (nSPS) is 12.4. The molecule has 0 aliphatic carbocycles. The molecule has 0 aliphatic rings. The molecule has 17 heavy (non-hydrogen) atoms. The van der Waals surface area contributed by atoms with E-state index in [1.54, 1.807) is 0 Å². The maximum absolute atomic E-state index is 4.55. The summed E-state index contributed by atoms with van der Waals surface area (Å²) in [6, 6.07) is 12.7. The first-order valence-corrected chi connectivity index (χ1v) is 6.12. The Kier molecular flexibility index (Phi) is 3.81. The van der Waals surface area contributed by atoms with Crippen molar-refractivity contribution < 1.29 is 0 Å². The summed E-state index contributed by atoms with van der Waals surface area (Å²) >= 11 is 0. The van der Waals surface area contributed by atoms with Crippen molar-refractivity contribution in [3.05, 3.63) is 48.3 Å². The number of anilines is 1. The summed E-state index contributed by atoms with van der Waals surface area (Å²) < 4.78 is 2.03. The number of hydrogen-bond acceptors (Lipinski definition) is 2. The van der Waals surface area contributed by atoms with Crippen molar-refractivity contribution in [3.8, 4) is 0 Å². The third kappa shape index (κ3) is 3.09. The van der Waals surface area contributed by atoms with E-state index < -0.39 is 0 Å². The Morgan fingerprint density at radius 2 is 2.00 bits per heavy atom. The molecule has 2 aromatic rings. The van der Waals surface area contributed by atoms with Gasteiger partial charge in [0.25, 0.3) is 0 Å². The molecule has 1 aromatic carbocycles. The van der Waals surface area contributed by atoms with Crippen LogP contribution in [-0.2, 0) is 6.54 Å². The van der Waals surface area contributed by atoms with Crippen LogP contribution in [0.2, 0.25) is 0 Å². The molecule has 3 heteroatoms. The van der Waals surface area contributed by atoms with Gasteiger partial charge >= 0.3 is 0 Å². The van der Waals surface area contributed by atoms with Crippen LogP contribution in [0.3, 0.4) is 0 Å². The highest BCUT2D eigenvalue weighted by Crippen LogP contribution is 2.11. The second kappa shape index (κ2) is 5.53. The lowest BCUT2D eigenvalue weighted by Gasteiger charge is -2.08. The molecule has 1 heterocycles. The van der Waals surface area contributed by atoms with Crippen LogP contribution in [-0.4, -0.2) is 9.78 Å². The van der Waals surface area contributed by atoms with Gasteiger partial charge in [-0.2, -0.15) is 5.10 Å². The number of nitrogens with zero attached hydrogens (tertiary/aromatic N) is 2. The summed E-state index contributed by atoms with van der Waals surface area (Å²) in [4.78, 5) is 0. The Labute approximate surface area is 102 Å². The highest BCUT2D eigenvalue weighted by atomic mass is 15.3. The zero-order valence-corrected chi connectivity index (χ0v) is 10.4. The molecule has 1 atom stereocenters. The van der Waals surface area contributed by atoms with Crippen LogP contribution in [0.4, 0.5) is 5.69 Å². The summed E-state index contributed by atoms with van der Waals surface area (Å²) in [5, 5.41) is 7.91. The summed E-state index contributed by atoms with van der Waals surface area (Å²) in [6.07, 6.45) is 3.16. The first kappa shape index (κ1) is 11.7. The third-order valence-electron chi connectivity index (χ3n) is 2.95. The highest BCUT2D eigenvalue weighted by Gasteiger charge is 2.04. The van der Waals surface area contributed by atoms with E-state index in [0.29, 0.717) is 6.04 Å². The van der Waals surface area contributed by atoms with E-state index in [2.05, 4.69) is 48.7 Å². The quantitative estimate of drug-likeness (QED) is 0.850. The first-order valence-electron chi connectivity index (χ1n) is 6.12. The largest absolute Gasteiger partial charge is 0.379 e. The van der Waals surface area contributed by atoms with Crippen LogP contribution in [0, 0.1) is 0 Å². The van der Waals surface area contributed by atoms with E-state index in [9.17, 15) is 0 Å². The molecule has 2 rings (SSSR count). The fourth-order valence-electron chi connectivity index (χ4n) is 1.65. The lowest BCUT2D eigenvalue weighted by atomic mass is 10.3. The molecule has 0 aliphatic heterocycles. The van der Waals surface area contributed by atoms with Crippen LogP contribution in [0.5, 0.6) is 0 Å². The molecule has 0 bridgehead atoms. The van der Waals surface area contributed by atoms with Gasteiger partial charge in [-0.05, 0) is 31.5 Å². The molecule has 0 fully saturated rings. The molecule has 1 aromatic heterocycles. The van der Waals surface area contributed by atoms with Crippen molar-refractivity contribution in [2.75, 3.05) is 5.32 Å². The summed E-state index contributed by atoms with van der Waals surface area (Å²) in [6.45, 7) is 5.13. The third-order valence-corrected chi connectivity index (χ3v) is 2.95. The van der Waals surface area contributed by atoms with Gasteiger partial charge in [0.15, 0.2) is 0 Å². The van der Waals surface area contributed by atoms with E-state index in [4.69, 9.17) is 0 Å². The zero-order valence-electron chi connectivity index (χ0n) is 10.4. The van der Waals surface area contributed by atoms with Gasteiger partial charge in [-0.1, -0.05) is 25.1 Å². The van der Waals surface area contributed by atoms with Gasteiger partial charge in [-0.25, -0.2) is 0 Å². The SMILES string of the molecule is CCC(C)n1ccc(CNc2ccccc2)n1. The summed E-state index contributed by atoms with van der Waals surface area (Å²) in [5.74, 6) is 0. The maximum atomic E-state index is 4.55. The Balaban J connectivity index is 1.94. The molecule has 1 N–H and O–H groups in total. The molecule has 0 radical (unpaired) electrons. The van der Waals surface area contributed by atoms with Crippen LogP contribution in [0.15, 0.2) is 42.6 Å². The van der Waals surface area contributed by atoms with Gasteiger partial charge in [0.2, 0.25) is 0 Å². The van der Waals surface area contributed by atoms with Crippen molar-refractivity contribution >= 4 is 5.69 Å². The fraction of sp³-hybridized carbons (Fsp3) is 0.357. The van der Waals surface area contributed by atoms with Crippen LogP contribution in [0.25, 0.3) is 0 Å². The second-order valence-electron chi connectivity index (χ2n) is 4.26. The van der Waals surface area contributed by atoms with Gasteiger partial charge in [0.1, 0.15) is 0 Å². The minimum absolute atomic E-state index is 0.473. The van der Waals surface area contributed by atoms with Crippen molar-refractivity contribution in [1.82, 2.24) is 9.78 Å². The highest BCUT2D eigenvalue weighted by molar-refractivity contribution is 5.42. The Hall–Kier alpha value is -1.77. The number of aromatic nitrogens is 2. The van der Waals surface area contributed by atoms with Gasteiger partial charge in [0, 0.05) is 17.9 Å². The van der Waals surface area contributed by atoms with Crippen LogP contribution in [0.1, 0.15) is 32.0 Å². The van der Waals surface area contributed by atoms with Gasteiger partial charge < -0.3 is 5.32 Å². The molecule has 1 unspecified atom stereocenters. The Morgan fingerprint density at radius 3 is 2.71 bits per heavy atom. The lowest BCUT2D eigenvalue weighted by Crippen LogP contribution is -2.06. The molecule has 0 amide bonds. The number of benzene rings is 1. The second-order valence-corrected chi connectivity index (χ2v) is 4.26. The van der Waals surface area contributed by atoms with Gasteiger partial charge in [-0.15, -0.1) is 0 Å². The molecular formula is C14H19N3. The number of rotatable bonds is 5. The molecule has 3 nitrogen and oxygen atoms in total. The Morgan fingerprint density at radius 1 is 1.24 bits per heavy atom. The predicted octanol–water partition coefficient (Wildman–Crippen LogP) is 3.47. The summed E-state index contributed by atoms with van der Waals surface area (Å²) in [7, 11) is 0. The zero-order chi connectivity index (χ0) is 12.1. The minimum atomic E-state index is 0.473. The fourth-order valence-corrected chi connectivity index (χ4v) is 1.65. The van der Waals surface area contributed by atoms with Gasteiger partial charge in [0.05, 0.1) is 12.2 Å². The molecule has 0 saturated carbocycles. The predicted molar refractivity (Wildman–Crippen MR) is 71.0 cm³/mol. The standard InChI is InChI=1S/C14H19N3/c1-3-12(2)17-10-9-14(16-17)11-15-13-7-5-4-6-8-13/h4-10,12,15H,3,11H2,1-2H3. The first-order chi connectivity index (χ1) is 8.29. The summed E-state index contributed by atoms with van der Waals surface area (Å²) in [5.41, 5.74) is 2.21. The van der Waals surface area contributed by atoms with Crippen molar-refractivity contribution in [3.63, 3.8) is 0 Å². The molecule has 0 spiro atoms. The average molecular weight is 229 g/mol. The maximum Gasteiger partial charge on any atom is 0.0815 e.